The number of benzene rings is 2. The van der Waals surface area contributed by atoms with Crippen molar-refractivity contribution in [3.63, 3.8) is 0 Å². The quantitative estimate of drug-likeness (QED) is 0.796. The van der Waals surface area contributed by atoms with Crippen LogP contribution in [0.4, 0.5) is 0 Å². The molecule has 1 N–H and O–H groups in total. The second kappa shape index (κ2) is 9.63. The van der Waals surface area contributed by atoms with Gasteiger partial charge >= 0.3 is 0 Å². The third-order valence-electron chi connectivity index (χ3n) is 6.11. The summed E-state index contributed by atoms with van der Waals surface area (Å²) < 4.78 is 0. The molecule has 2 saturated heterocycles. The standard InChI is InChI=1S/C24H28ClN3O2/c25-21-8-6-20(7-9-21)24(30)28-14-10-19(11-15-28)23(29)26-22-12-13-27(17-22)16-18-4-2-1-3-5-18/h1-9,19,22H,10-17H2,(H,26,29)/t22-/m1/s1. The zero-order chi connectivity index (χ0) is 20.9. The lowest BCUT2D eigenvalue weighted by atomic mass is 9.95. The molecule has 0 radical (unpaired) electrons. The van der Waals surface area contributed by atoms with Crippen molar-refractivity contribution in [2.75, 3.05) is 26.2 Å². The van der Waals surface area contributed by atoms with E-state index >= 15 is 0 Å². The number of nitrogens with one attached hydrogen (secondary N) is 1. The summed E-state index contributed by atoms with van der Waals surface area (Å²) in [6, 6.07) is 17.6. The Labute approximate surface area is 183 Å². The van der Waals surface area contributed by atoms with Crippen LogP contribution >= 0.6 is 11.6 Å². The van der Waals surface area contributed by atoms with Crippen LogP contribution in [0, 0.1) is 5.92 Å². The second-order valence-corrected chi connectivity index (χ2v) is 8.72. The lowest BCUT2D eigenvalue weighted by molar-refractivity contribution is -0.126. The van der Waals surface area contributed by atoms with E-state index in [-0.39, 0.29) is 23.8 Å². The Balaban J connectivity index is 1.22. The molecule has 0 aromatic heterocycles. The molecule has 2 heterocycles. The number of halogens is 1. The highest BCUT2D eigenvalue weighted by molar-refractivity contribution is 6.30. The normalized spacial score (nSPS) is 20.3. The number of likely N-dealkylation sites (tertiary alicyclic amines) is 2. The summed E-state index contributed by atoms with van der Waals surface area (Å²) in [4.78, 5) is 29.6. The number of hydrogen-bond donors (Lipinski definition) is 1. The molecule has 5 nitrogen and oxygen atoms in total. The number of rotatable bonds is 5. The van der Waals surface area contributed by atoms with E-state index in [9.17, 15) is 9.59 Å². The first-order valence-corrected chi connectivity index (χ1v) is 11.1. The minimum atomic E-state index is -0.0116. The number of amides is 2. The Hall–Kier alpha value is -2.37. The Morgan fingerprint density at radius 1 is 0.933 bits per heavy atom. The minimum Gasteiger partial charge on any atom is -0.352 e. The molecule has 0 aliphatic carbocycles. The summed E-state index contributed by atoms with van der Waals surface area (Å²) in [6.45, 7) is 4.06. The van der Waals surface area contributed by atoms with Crippen LogP contribution < -0.4 is 5.32 Å². The Morgan fingerprint density at radius 3 is 2.33 bits per heavy atom. The fourth-order valence-corrected chi connectivity index (χ4v) is 4.50. The van der Waals surface area contributed by atoms with Crippen LogP contribution in [-0.4, -0.2) is 53.8 Å². The van der Waals surface area contributed by atoms with Gasteiger partial charge in [0, 0.05) is 55.3 Å². The van der Waals surface area contributed by atoms with E-state index in [1.54, 1.807) is 24.3 Å². The number of carbonyl (C=O) groups is 2. The molecule has 2 aromatic rings. The van der Waals surface area contributed by atoms with Crippen molar-refractivity contribution in [3.8, 4) is 0 Å². The van der Waals surface area contributed by atoms with Gasteiger partial charge in [0.1, 0.15) is 0 Å². The van der Waals surface area contributed by atoms with Crippen molar-refractivity contribution < 1.29 is 9.59 Å². The van der Waals surface area contributed by atoms with Crippen LogP contribution in [-0.2, 0) is 11.3 Å². The molecule has 158 valence electrons. The van der Waals surface area contributed by atoms with Crippen molar-refractivity contribution in [2.45, 2.75) is 31.8 Å². The third kappa shape index (κ3) is 5.21. The van der Waals surface area contributed by atoms with Crippen molar-refractivity contribution in [3.05, 3.63) is 70.7 Å². The fourth-order valence-electron chi connectivity index (χ4n) is 4.37. The summed E-state index contributed by atoms with van der Waals surface area (Å²) in [5, 5.41) is 3.87. The average Bonchev–Trinajstić information content (AvgIpc) is 3.21. The molecule has 1 atom stereocenters. The number of hydrogen-bond acceptors (Lipinski definition) is 3. The molecule has 0 saturated carbocycles. The Bertz CT molecular complexity index is 864. The maximum Gasteiger partial charge on any atom is 0.253 e. The predicted molar refractivity (Wildman–Crippen MR) is 118 cm³/mol. The summed E-state index contributed by atoms with van der Waals surface area (Å²) in [6.07, 6.45) is 2.42. The number of nitrogens with zero attached hydrogens (tertiary/aromatic N) is 2. The van der Waals surface area contributed by atoms with Crippen LogP contribution in [0.15, 0.2) is 54.6 Å². The van der Waals surface area contributed by atoms with E-state index in [0.29, 0.717) is 36.5 Å². The SMILES string of the molecule is O=C(N[C@@H]1CCN(Cc2ccccc2)C1)C1CCN(C(=O)c2ccc(Cl)cc2)CC1. The number of piperidine rings is 1. The topological polar surface area (TPSA) is 52.7 Å². The highest BCUT2D eigenvalue weighted by Crippen LogP contribution is 2.21. The molecule has 0 unspecified atom stereocenters. The van der Waals surface area contributed by atoms with Gasteiger partial charge in [0.2, 0.25) is 5.91 Å². The molecule has 4 rings (SSSR count). The molecule has 6 heteroatoms. The summed E-state index contributed by atoms with van der Waals surface area (Å²) >= 11 is 5.90. The number of carbonyl (C=O) groups excluding carboxylic acids is 2. The van der Waals surface area contributed by atoms with Crippen LogP contribution in [0.25, 0.3) is 0 Å². The van der Waals surface area contributed by atoms with Gasteiger partial charge in [-0.15, -0.1) is 0 Å². The first-order valence-electron chi connectivity index (χ1n) is 10.7. The van der Waals surface area contributed by atoms with Crippen LogP contribution in [0.3, 0.4) is 0 Å². The van der Waals surface area contributed by atoms with Crippen LogP contribution in [0.5, 0.6) is 0 Å². The van der Waals surface area contributed by atoms with Crippen molar-refractivity contribution >= 4 is 23.4 Å². The summed E-state index contributed by atoms with van der Waals surface area (Å²) in [5.41, 5.74) is 1.95. The van der Waals surface area contributed by atoms with Gasteiger partial charge in [-0.25, -0.2) is 0 Å². The smallest absolute Gasteiger partial charge is 0.253 e. The van der Waals surface area contributed by atoms with E-state index in [1.807, 2.05) is 11.0 Å². The van der Waals surface area contributed by atoms with Gasteiger partial charge in [0.05, 0.1) is 0 Å². The molecule has 2 aromatic carbocycles. The van der Waals surface area contributed by atoms with Crippen molar-refractivity contribution in [1.82, 2.24) is 15.1 Å². The van der Waals surface area contributed by atoms with Crippen molar-refractivity contribution in [1.29, 1.82) is 0 Å². The highest BCUT2D eigenvalue weighted by Gasteiger charge is 2.30. The molecular formula is C24H28ClN3O2. The fraction of sp³-hybridized carbons (Fsp3) is 0.417. The van der Waals surface area contributed by atoms with E-state index in [1.165, 1.54) is 5.56 Å². The van der Waals surface area contributed by atoms with Gasteiger partial charge in [-0.3, -0.25) is 14.5 Å². The first-order chi connectivity index (χ1) is 14.6. The molecule has 2 fully saturated rings. The monoisotopic (exact) mass is 425 g/mol. The van der Waals surface area contributed by atoms with Crippen LogP contribution in [0.2, 0.25) is 5.02 Å². The van der Waals surface area contributed by atoms with Gasteiger partial charge < -0.3 is 10.2 Å². The minimum absolute atomic E-state index is 0.0116. The molecule has 0 bridgehead atoms. The van der Waals surface area contributed by atoms with E-state index in [2.05, 4.69) is 34.5 Å². The second-order valence-electron chi connectivity index (χ2n) is 8.29. The lowest BCUT2D eigenvalue weighted by Gasteiger charge is -2.32. The van der Waals surface area contributed by atoms with Gasteiger partial charge in [-0.1, -0.05) is 41.9 Å². The summed E-state index contributed by atoms with van der Waals surface area (Å²) in [5.74, 6) is 0.139. The predicted octanol–water partition coefficient (Wildman–Crippen LogP) is 3.58. The Morgan fingerprint density at radius 2 is 1.63 bits per heavy atom. The van der Waals surface area contributed by atoms with Crippen molar-refractivity contribution in [2.24, 2.45) is 5.92 Å². The van der Waals surface area contributed by atoms with Crippen LogP contribution in [0.1, 0.15) is 35.2 Å². The largest absolute Gasteiger partial charge is 0.352 e. The zero-order valence-electron chi connectivity index (χ0n) is 17.1. The zero-order valence-corrected chi connectivity index (χ0v) is 17.9. The first kappa shape index (κ1) is 20.9. The third-order valence-corrected chi connectivity index (χ3v) is 6.36. The van der Waals surface area contributed by atoms with E-state index in [4.69, 9.17) is 11.6 Å². The van der Waals surface area contributed by atoms with Gasteiger partial charge in [-0.05, 0) is 49.1 Å². The van der Waals surface area contributed by atoms with E-state index in [0.717, 1.165) is 26.1 Å². The van der Waals surface area contributed by atoms with Gasteiger partial charge in [-0.2, -0.15) is 0 Å². The maximum atomic E-state index is 12.8. The highest BCUT2D eigenvalue weighted by atomic mass is 35.5. The Kier molecular flexibility index (Phi) is 6.70. The summed E-state index contributed by atoms with van der Waals surface area (Å²) in [7, 11) is 0. The molecular weight excluding hydrogens is 398 g/mol. The maximum absolute atomic E-state index is 12.8. The van der Waals surface area contributed by atoms with E-state index < -0.39 is 0 Å². The molecule has 2 aliphatic rings. The molecule has 0 spiro atoms. The van der Waals surface area contributed by atoms with Gasteiger partial charge in [0.15, 0.2) is 0 Å². The molecule has 2 aliphatic heterocycles. The molecule has 2 amide bonds. The molecule has 30 heavy (non-hydrogen) atoms. The average molecular weight is 426 g/mol. The van der Waals surface area contributed by atoms with Gasteiger partial charge in [0.25, 0.3) is 5.91 Å². The lowest BCUT2D eigenvalue weighted by Crippen LogP contribution is -2.46.